The summed E-state index contributed by atoms with van der Waals surface area (Å²) < 4.78 is 5.60. The first-order chi connectivity index (χ1) is 9.86. The second kappa shape index (κ2) is 6.86. The minimum atomic E-state index is 0.466. The molecule has 0 saturated heterocycles. The molecule has 1 heterocycles. The Morgan fingerprint density at radius 1 is 1.30 bits per heavy atom. The molecule has 1 aliphatic heterocycles. The van der Waals surface area contributed by atoms with E-state index in [1.54, 1.807) is 0 Å². The number of thioether (sulfide) groups is 1. The van der Waals surface area contributed by atoms with Crippen LogP contribution in [-0.2, 0) is 6.42 Å². The number of nitrogens with one attached hydrogen (secondary N) is 1. The Labute approximate surface area is 126 Å². The van der Waals surface area contributed by atoms with E-state index in [1.807, 2.05) is 0 Å². The predicted octanol–water partition coefficient (Wildman–Crippen LogP) is 3.95. The fourth-order valence-corrected chi connectivity index (χ4v) is 4.72. The largest absolute Gasteiger partial charge is 0.493 e. The van der Waals surface area contributed by atoms with Crippen LogP contribution < -0.4 is 10.1 Å². The molecule has 1 saturated carbocycles. The highest BCUT2D eigenvalue weighted by molar-refractivity contribution is 7.99. The zero-order valence-corrected chi connectivity index (χ0v) is 13.2. The highest BCUT2D eigenvalue weighted by Gasteiger charge is 2.19. The third kappa shape index (κ3) is 3.32. The predicted molar refractivity (Wildman–Crippen MR) is 86.8 cm³/mol. The lowest BCUT2D eigenvalue weighted by Gasteiger charge is -2.24. The number of hydrogen-bond donors (Lipinski definition) is 1. The van der Waals surface area contributed by atoms with Crippen molar-refractivity contribution in [2.45, 2.75) is 49.8 Å². The van der Waals surface area contributed by atoms with Gasteiger partial charge in [0, 0.05) is 23.5 Å². The fraction of sp³-hybridized carbons (Fsp3) is 0.647. The Morgan fingerprint density at radius 3 is 2.95 bits per heavy atom. The summed E-state index contributed by atoms with van der Waals surface area (Å²) in [6.45, 7) is 0.847. The number of ether oxygens (including phenoxy) is 1. The van der Waals surface area contributed by atoms with Gasteiger partial charge in [0.1, 0.15) is 5.75 Å². The summed E-state index contributed by atoms with van der Waals surface area (Å²) in [6, 6.07) is 7.18. The van der Waals surface area contributed by atoms with Gasteiger partial charge in [-0.1, -0.05) is 31.4 Å². The van der Waals surface area contributed by atoms with Crippen LogP contribution in [0.5, 0.6) is 5.75 Å². The minimum absolute atomic E-state index is 0.466. The Morgan fingerprint density at radius 2 is 2.15 bits per heavy atom. The molecule has 0 radical (unpaired) electrons. The van der Waals surface area contributed by atoms with Crippen molar-refractivity contribution in [2.24, 2.45) is 0 Å². The van der Waals surface area contributed by atoms with E-state index < -0.39 is 0 Å². The molecule has 1 unspecified atom stereocenters. The van der Waals surface area contributed by atoms with E-state index in [0.717, 1.165) is 24.0 Å². The van der Waals surface area contributed by atoms with Gasteiger partial charge in [0.2, 0.25) is 0 Å². The lowest BCUT2D eigenvalue weighted by Crippen LogP contribution is -2.21. The van der Waals surface area contributed by atoms with Gasteiger partial charge in [-0.05, 0) is 37.1 Å². The van der Waals surface area contributed by atoms with Crippen molar-refractivity contribution >= 4 is 11.8 Å². The molecule has 0 bridgehead atoms. The summed E-state index contributed by atoms with van der Waals surface area (Å²) in [4.78, 5) is 0. The maximum Gasteiger partial charge on any atom is 0.122 e. The quantitative estimate of drug-likeness (QED) is 0.887. The van der Waals surface area contributed by atoms with Crippen LogP contribution in [0.4, 0.5) is 0 Å². The van der Waals surface area contributed by atoms with Crippen LogP contribution in [0, 0.1) is 0 Å². The molecule has 3 rings (SSSR count). The van der Waals surface area contributed by atoms with Crippen molar-refractivity contribution in [2.75, 3.05) is 19.4 Å². The van der Waals surface area contributed by atoms with Crippen LogP contribution in [0.3, 0.4) is 0 Å². The highest BCUT2D eigenvalue weighted by atomic mass is 32.2. The minimum Gasteiger partial charge on any atom is -0.493 e. The van der Waals surface area contributed by atoms with Crippen LogP contribution in [0.1, 0.15) is 49.3 Å². The maximum absolute atomic E-state index is 5.60. The number of rotatable bonds is 5. The van der Waals surface area contributed by atoms with E-state index >= 15 is 0 Å². The number of hydrogen-bond acceptors (Lipinski definition) is 3. The van der Waals surface area contributed by atoms with E-state index in [1.165, 1.54) is 49.0 Å². The molecule has 1 aromatic carbocycles. The van der Waals surface area contributed by atoms with Crippen molar-refractivity contribution in [3.8, 4) is 5.75 Å². The number of fused-ring (bicyclic) bond motifs is 1. The van der Waals surface area contributed by atoms with Crippen molar-refractivity contribution in [1.29, 1.82) is 0 Å². The molecular weight excluding hydrogens is 266 g/mol. The van der Waals surface area contributed by atoms with Gasteiger partial charge >= 0.3 is 0 Å². The van der Waals surface area contributed by atoms with E-state index in [0.29, 0.717) is 6.04 Å². The molecule has 1 N–H and O–H groups in total. The fourth-order valence-electron chi connectivity index (χ4n) is 3.23. The van der Waals surface area contributed by atoms with Crippen LogP contribution in [0.2, 0.25) is 0 Å². The summed E-state index contributed by atoms with van der Waals surface area (Å²) in [5.74, 6) is 2.27. The first-order valence-corrected chi connectivity index (χ1v) is 8.96. The SMILES string of the molecule is CNC(CSC1CCCCC1)c1ccc2c(c1)CCO2. The summed E-state index contributed by atoms with van der Waals surface area (Å²) in [7, 11) is 2.08. The van der Waals surface area contributed by atoms with Crippen LogP contribution >= 0.6 is 11.8 Å². The smallest absolute Gasteiger partial charge is 0.122 e. The van der Waals surface area contributed by atoms with Crippen LogP contribution in [0.25, 0.3) is 0 Å². The first-order valence-electron chi connectivity index (χ1n) is 7.91. The third-order valence-corrected chi connectivity index (χ3v) is 5.98. The van der Waals surface area contributed by atoms with Gasteiger partial charge in [0.15, 0.2) is 0 Å². The molecule has 1 aliphatic carbocycles. The molecule has 2 nitrogen and oxygen atoms in total. The normalized spacial score (nSPS) is 20.4. The monoisotopic (exact) mass is 291 g/mol. The van der Waals surface area contributed by atoms with Gasteiger partial charge < -0.3 is 10.1 Å². The average molecular weight is 291 g/mol. The van der Waals surface area contributed by atoms with Crippen molar-refractivity contribution in [1.82, 2.24) is 5.32 Å². The standard InChI is InChI=1S/C17H25NOS/c1-18-16(12-20-15-5-3-2-4-6-15)13-7-8-17-14(11-13)9-10-19-17/h7-8,11,15-16,18H,2-6,9-10,12H2,1H3. The molecule has 20 heavy (non-hydrogen) atoms. The second-order valence-corrected chi connectivity index (χ2v) is 7.23. The Hall–Kier alpha value is -0.670. The van der Waals surface area contributed by atoms with Crippen LogP contribution in [-0.4, -0.2) is 24.7 Å². The summed E-state index contributed by atoms with van der Waals surface area (Å²) in [5, 5.41) is 4.37. The van der Waals surface area contributed by atoms with Crippen molar-refractivity contribution in [3.05, 3.63) is 29.3 Å². The van der Waals surface area contributed by atoms with Gasteiger partial charge in [0.25, 0.3) is 0 Å². The van der Waals surface area contributed by atoms with Crippen molar-refractivity contribution in [3.63, 3.8) is 0 Å². The lowest BCUT2D eigenvalue weighted by molar-refractivity contribution is 0.357. The molecule has 0 spiro atoms. The lowest BCUT2D eigenvalue weighted by atomic mass is 10.0. The zero-order valence-electron chi connectivity index (χ0n) is 12.4. The van der Waals surface area contributed by atoms with E-state index in [4.69, 9.17) is 4.74 Å². The molecule has 2 aliphatic rings. The topological polar surface area (TPSA) is 21.3 Å². The Kier molecular flexibility index (Phi) is 4.90. The highest BCUT2D eigenvalue weighted by Crippen LogP contribution is 2.33. The molecule has 0 aromatic heterocycles. The van der Waals surface area contributed by atoms with E-state index in [-0.39, 0.29) is 0 Å². The summed E-state index contributed by atoms with van der Waals surface area (Å²) >= 11 is 2.16. The molecule has 1 aromatic rings. The second-order valence-electron chi connectivity index (χ2n) is 5.90. The average Bonchev–Trinajstić information content (AvgIpc) is 2.96. The van der Waals surface area contributed by atoms with Crippen molar-refractivity contribution < 1.29 is 4.74 Å². The molecule has 1 fully saturated rings. The zero-order chi connectivity index (χ0) is 13.8. The first kappa shape index (κ1) is 14.3. The Balaban J connectivity index is 1.60. The summed E-state index contributed by atoms with van der Waals surface area (Å²) in [6.07, 6.45) is 8.20. The molecular formula is C17H25NOS. The van der Waals surface area contributed by atoms with Gasteiger partial charge in [-0.2, -0.15) is 11.8 Å². The van der Waals surface area contributed by atoms with Gasteiger partial charge in [-0.25, -0.2) is 0 Å². The maximum atomic E-state index is 5.60. The third-order valence-electron chi connectivity index (χ3n) is 4.52. The summed E-state index contributed by atoms with van der Waals surface area (Å²) in [5.41, 5.74) is 2.80. The van der Waals surface area contributed by atoms with E-state index in [9.17, 15) is 0 Å². The van der Waals surface area contributed by atoms with Gasteiger partial charge in [0.05, 0.1) is 6.61 Å². The van der Waals surface area contributed by atoms with Gasteiger partial charge in [-0.3, -0.25) is 0 Å². The number of benzene rings is 1. The molecule has 0 amide bonds. The van der Waals surface area contributed by atoms with Gasteiger partial charge in [-0.15, -0.1) is 0 Å². The molecule has 110 valence electrons. The van der Waals surface area contributed by atoms with E-state index in [2.05, 4.69) is 42.3 Å². The van der Waals surface area contributed by atoms with Crippen LogP contribution in [0.15, 0.2) is 18.2 Å². The molecule has 1 atom stereocenters. The Bertz CT molecular complexity index is 443. The molecule has 3 heteroatoms.